The van der Waals surface area contributed by atoms with Crippen molar-refractivity contribution in [2.24, 2.45) is 0 Å². The Hall–Kier alpha value is -3.42. The topological polar surface area (TPSA) is 89.1 Å². The number of anilines is 1. The van der Waals surface area contributed by atoms with E-state index in [1.807, 2.05) is 35.1 Å². The molecular formula is C21H22N6O2. The average molecular weight is 390 g/mol. The van der Waals surface area contributed by atoms with Gasteiger partial charge in [-0.05, 0) is 31.4 Å². The Labute approximate surface area is 167 Å². The Kier molecular flexibility index (Phi) is 4.59. The number of piperidine rings is 1. The molecule has 0 atom stereocenters. The molecule has 0 spiro atoms. The Morgan fingerprint density at radius 1 is 1.14 bits per heavy atom. The zero-order chi connectivity index (χ0) is 19.6. The monoisotopic (exact) mass is 390 g/mol. The molecule has 1 fully saturated rings. The third-order valence-corrected chi connectivity index (χ3v) is 5.33. The van der Waals surface area contributed by atoms with Crippen LogP contribution in [0.2, 0.25) is 0 Å². The van der Waals surface area contributed by atoms with Crippen LogP contribution >= 0.6 is 0 Å². The summed E-state index contributed by atoms with van der Waals surface area (Å²) in [5.41, 5.74) is 1.50. The molecule has 1 N–H and O–H groups in total. The maximum Gasteiger partial charge on any atom is 0.287 e. The average Bonchev–Trinajstić information content (AvgIpc) is 3.38. The molecule has 0 unspecified atom stereocenters. The van der Waals surface area contributed by atoms with E-state index in [4.69, 9.17) is 4.42 Å². The van der Waals surface area contributed by atoms with E-state index >= 15 is 0 Å². The molecule has 3 aromatic heterocycles. The fourth-order valence-electron chi connectivity index (χ4n) is 3.86. The molecule has 29 heavy (non-hydrogen) atoms. The minimum Gasteiger partial charge on any atom is -0.451 e. The number of furan rings is 1. The lowest BCUT2D eigenvalue weighted by molar-refractivity contribution is 0.0926. The van der Waals surface area contributed by atoms with Crippen molar-refractivity contribution in [3.05, 3.63) is 48.6 Å². The zero-order valence-corrected chi connectivity index (χ0v) is 16.0. The molecule has 1 amide bonds. The zero-order valence-electron chi connectivity index (χ0n) is 16.0. The fraction of sp³-hybridized carbons (Fsp3) is 0.333. The number of hydrogen-bond acceptors (Lipinski definition) is 6. The Morgan fingerprint density at radius 3 is 2.86 bits per heavy atom. The minimum atomic E-state index is -0.235. The van der Waals surface area contributed by atoms with E-state index in [1.54, 1.807) is 12.4 Å². The molecule has 5 rings (SSSR count). The highest BCUT2D eigenvalue weighted by Crippen LogP contribution is 2.25. The van der Waals surface area contributed by atoms with Gasteiger partial charge in [-0.15, -0.1) is 0 Å². The second-order valence-electron chi connectivity index (χ2n) is 7.25. The number of fused-ring (bicyclic) bond motifs is 2. The first-order valence-corrected chi connectivity index (χ1v) is 9.98. The van der Waals surface area contributed by atoms with Gasteiger partial charge >= 0.3 is 0 Å². The Bertz CT molecular complexity index is 1130. The van der Waals surface area contributed by atoms with Gasteiger partial charge in [0, 0.05) is 25.0 Å². The first-order chi connectivity index (χ1) is 14.3. The van der Waals surface area contributed by atoms with Gasteiger partial charge in [0.15, 0.2) is 11.4 Å². The standard InChI is InChI=1S/C21H22N6O2/c28-21(18-12-15-6-2-3-7-17(15)29-18)22-8-11-27-20-16(13-25-27)19(23-14-24-20)26-9-4-1-5-10-26/h2-3,6-7,12-14H,1,4-5,8-11H2,(H,22,28). The van der Waals surface area contributed by atoms with Crippen LogP contribution in [0.15, 0.2) is 47.3 Å². The van der Waals surface area contributed by atoms with E-state index in [1.165, 1.54) is 19.3 Å². The largest absolute Gasteiger partial charge is 0.451 e. The van der Waals surface area contributed by atoms with E-state index in [-0.39, 0.29) is 5.91 Å². The van der Waals surface area contributed by atoms with Crippen molar-refractivity contribution in [2.75, 3.05) is 24.5 Å². The predicted octanol–water partition coefficient (Wildman–Crippen LogP) is 2.99. The Morgan fingerprint density at radius 2 is 2.00 bits per heavy atom. The van der Waals surface area contributed by atoms with Gasteiger partial charge in [0.2, 0.25) is 0 Å². The summed E-state index contributed by atoms with van der Waals surface area (Å²) in [6.45, 7) is 2.98. The van der Waals surface area contributed by atoms with E-state index in [0.29, 0.717) is 24.4 Å². The van der Waals surface area contributed by atoms with Crippen molar-refractivity contribution in [2.45, 2.75) is 25.8 Å². The number of carbonyl (C=O) groups is 1. The number of nitrogens with one attached hydrogen (secondary N) is 1. The number of para-hydroxylation sites is 1. The van der Waals surface area contributed by atoms with Gasteiger partial charge in [0.25, 0.3) is 5.91 Å². The van der Waals surface area contributed by atoms with Crippen LogP contribution < -0.4 is 10.2 Å². The molecule has 148 valence electrons. The lowest BCUT2D eigenvalue weighted by atomic mass is 10.1. The van der Waals surface area contributed by atoms with Gasteiger partial charge in [0.1, 0.15) is 17.7 Å². The number of benzene rings is 1. The molecule has 0 saturated carbocycles. The molecule has 1 aliphatic rings. The lowest BCUT2D eigenvalue weighted by Crippen LogP contribution is -2.30. The minimum absolute atomic E-state index is 0.235. The van der Waals surface area contributed by atoms with Crippen LogP contribution in [0.4, 0.5) is 5.82 Å². The van der Waals surface area contributed by atoms with Crippen LogP contribution in [0.3, 0.4) is 0 Å². The van der Waals surface area contributed by atoms with Crippen molar-refractivity contribution in [1.29, 1.82) is 0 Å². The molecule has 0 bridgehead atoms. The second-order valence-corrected chi connectivity index (χ2v) is 7.25. The van der Waals surface area contributed by atoms with Gasteiger partial charge in [0.05, 0.1) is 18.1 Å². The van der Waals surface area contributed by atoms with E-state index in [9.17, 15) is 4.79 Å². The number of nitrogens with zero attached hydrogens (tertiary/aromatic N) is 5. The Balaban J connectivity index is 1.27. The fourth-order valence-corrected chi connectivity index (χ4v) is 3.86. The molecule has 1 aromatic carbocycles. The molecule has 1 aliphatic heterocycles. The molecule has 4 aromatic rings. The summed E-state index contributed by atoms with van der Waals surface area (Å²) in [4.78, 5) is 23.6. The van der Waals surface area contributed by atoms with Crippen molar-refractivity contribution >= 4 is 33.7 Å². The van der Waals surface area contributed by atoms with Crippen LogP contribution in [0, 0.1) is 0 Å². The highest BCUT2D eigenvalue weighted by atomic mass is 16.3. The molecule has 0 aliphatic carbocycles. The maximum atomic E-state index is 12.4. The smallest absolute Gasteiger partial charge is 0.287 e. The highest BCUT2D eigenvalue weighted by molar-refractivity contribution is 5.96. The summed E-state index contributed by atoms with van der Waals surface area (Å²) in [5.74, 6) is 1.03. The van der Waals surface area contributed by atoms with Gasteiger partial charge in [-0.25, -0.2) is 14.6 Å². The van der Waals surface area contributed by atoms with Crippen LogP contribution in [0.1, 0.15) is 29.8 Å². The molecule has 8 heteroatoms. The maximum absolute atomic E-state index is 12.4. The van der Waals surface area contributed by atoms with Gasteiger partial charge in [-0.3, -0.25) is 4.79 Å². The predicted molar refractivity (Wildman–Crippen MR) is 110 cm³/mol. The van der Waals surface area contributed by atoms with Crippen molar-refractivity contribution in [3.63, 3.8) is 0 Å². The molecule has 1 saturated heterocycles. The first-order valence-electron chi connectivity index (χ1n) is 9.98. The van der Waals surface area contributed by atoms with Crippen LogP contribution in [0.5, 0.6) is 0 Å². The van der Waals surface area contributed by atoms with Gasteiger partial charge in [-0.2, -0.15) is 5.10 Å². The molecular weight excluding hydrogens is 368 g/mol. The summed E-state index contributed by atoms with van der Waals surface area (Å²) in [6.07, 6.45) is 7.06. The number of carbonyl (C=O) groups excluding carboxylic acids is 1. The third kappa shape index (κ3) is 3.41. The van der Waals surface area contributed by atoms with Crippen LogP contribution in [-0.2, 0) is 6.54 Å². The van der Waals surface area contributed by atoms with Crippen molar-refractivity contribution in [1.82, 2.24) is 25.1 Å². The number of rotatable bonds is 5. The SMILES string of the molecule is O=C(NCCn1ncc2c(N3CCCCC3)ncnc21)c1cc2ccccc2o1. The summed E-state index contributed by atoms with van der Waals surface area (Å²) < 4.78 is 7.42. The second kappa shape index (κ2) is 7.54. The highest BCUT2D eigenvalue weighted by Gasteiger charge is 2.18. The van der Waals surface area contributed by atoms with E-state index < -0.39 is 0 Å². The van der Waals surface area contributed by atoms with E-state index in [2.05, 4.69) is 25.3 Å². The summed E-state index contributed by atoms with van der Waals surface area (Å²) in [7, 11) is 0. The van der Waals surface area contributed by atoms with Crippen molar-refractivity contribution in [3.8, 4) is 0 Å². The summed E-state index contributed by atoms with van der Waals surface area (Å²) >= 11 is 0. The molecule has 0 radical (unpaired) electrons. The molecule has 8 nitrogen and oxygen atoms in total. The van der Waals surface area contributed by atoms with Crippen LogP contribution in [0.25, 0.3) is 22.0 Å². The summed E-state index contributed by atoms with van der Waals surface area (Å²) in [6, 6.07) is 9.33. The van der Waals surface area contributed by atoms with Crippen molar-refractivity contribution < 1.29 is 9.21 Å². The summed E-state index contributed by atoms with van der Waals surface area (Å²) in [5, 5.41) is 9.23. The lowest BCUT2D eigenvalue weighted by Gasteiger charge is -2.27. The molecule has 4 heterocycles. The van der Waals surface area contributed by atoms with E-state index in [0.717, 1.165) is 35.3 Å². The van der Waals surface area contributed by atoms with Crippen LogP contribution in [-0.4, -0.2) is 45.3 Å². The number of amides is 1. The normalized spacial score (nSPS) is 14.6. The van der Waals surface area contributed by atoms with Gasteiger partial charge < -0.3 is 14.6 Å². The van der Waals surface area contributed by atoms with Gasteiger partial charge in [-0.1, -0.05) is 18.2 Å². The number of aromatic nitrogens is 4. The first kappa shape index (κ1) is 17.7. The third-order valence-electron chi connectivity index (χ3n) is 5.33. The number of hydrogen-bond donors (Lipinski definition) is 1. The quantitative estimate of drug-likeness (QED) is 0.564.